The maximum Gasteiger partial charge on any atom is 0.142 e. The van der Waals surface area contributed by atoms with Gasteiger partial charge in [-0.2, -0.15) is 0 Å². The minimum atomic E-state index is 0.815. The van der Waals surface area contributed by atoms with Crippen molar-refractivity contribution in [2.24, 2.45) is 0 Å². The van der Waals surface area contributed by atoms with Crippen LogP contribution >= 0.6 is 0 Å². The Morgan fingerprint density at radius 2 is 1.85 bits per heavy atom. The molecule has 1 heteroatoms. The molecule has 0 radical (unpaired) electrons. The van der Waals surface area contributed by atoms with Crippen LogP contribution in [0.4, 0.5) is 0 Å². The number of aldehydes is 1. The number of allylic oxidation sites excluding steroid dienone is 4. The number of carbonyl (C=O) groups excluding carboxylic acids is 1. The average Bonchev–Trinajstić information content (AvgIpc) is 2.16. The molecule has 0 aromatic rings. The number of rotatable bonds is 8. The fourth-order valence-corrected chi connectivity index (χ4v) is 1.12. The average molecular weight is 180 g/mol. The fourth-order valence-electron chi connectivity index (χ4n) is 1.12. The summed E-state index contributed by atoms with van der Waals surface area (Å²) in [6.45, 7) is 2.22. The van der Waals surface area contributed by atoms with Crippen LogP contribution in [0, 0.1) is 0 Å². The summed E-state index contributed by atoms with van der Waals surface area (Å²) >= 11 is 0. The van der Waals surface area contributed by atoms with E-state index in [1.807, 2.05) is 6.08 Å². The first-order valence-electron chi connectivity index (χ1n) is 5.17. The van der Waals surface area contributed by atoms with Gasteiger partial charge in [-0.25, -0.2) is 0 Å². The fraction of sp³-hybridized carbons (Fsp3) is 0.583. The van der Waals surface area contributed by atoms with Crippen molar-refractivity contribution in [2.45, 2.75) is 45.4 Å². The molecule has 0 amide bonds. The van der Waals surface area contributed by atoms with Gasteiger partial charge < -0.3 is 0 Å². The molecule has 0 bridgehead atoms. The minimum absolute atomic E-state index is 0.815. The molecule has 0 aliphatic heterocycles. The molecule has 0 heterocycles. The zero-order chi connectivity index (χ0) is 9.78. The molecule has 0 unspecified atom stereocenters. The van der Waals surface area contributed by atoms with Crippen molar-refractivity contribution in [2.75, 3.05) is 0 Å². The molecule has 0 aromatic carbocycles. The lowest BCUT2D eigenvalue weighted by molar-refractivity contribution is -0.104. The molecule has 0 aliphatic carbocycles. The molecule has 0 fully saturated rings. The minimum Gasteiger partial charge on any atom is -0.299 e. The van der Waals surface area contributed by atoms with Crippen LogP contribution in [0.15, 0.2) is 24.3 Å². The number of unbranched alkanes of at least 4 members (excludes halogenated alkanes) is 4. The monoisotopic (exact) mass is 180 g/mol. The SMILES string of the molecule is CCCCCCC=CCC=CC=O. The van der Waals surface area contributed by atoms with Gasteiger partial charge in [-0.1, -0.05) is 44.4 Å². The number of hydrogen-bond donors (Lipinski definition) is 0. The van der Waals surface area contributed by atoms with Crippen LogP contribution in [0.2, 0.25) is 0 Å². The van der Waals surface area contributed by atoms with Gasteiger partial charge in [0.15, 0.2) is 0 Å². The Kier molecular flexibility index (Phi) is 10.4. The van der Waals surface area contributed by atoms with Crippen LogP contribution in [-0.4, -0.2) is 6.29 Å². The van der Waals surface area contributed by atoms with Gasteiger partial charge in [0, 0.05) is 0 Å². The van der Waals surface area contributed by atoms with E-state index in [-0.39, 0.29) is 0 Å². The van der Waals surface area contributed by atoms with Crippen LogP contribution in [0.1, 0.15) is 45.4 Å². The summed E-state index contributed by atoms with van der Waals surface area (Å²) in [5.41, 5.74) is 0. The van der Waals surface area contributed by atoms with E-state index in [1.54, 1.807) is 6.08 Å². The Hall–Kier alpha value is -0.850. The Balaban J connectivity index is 3.12. The molecular formula is C12H20O. The van der Waals surface area contributed by atoms with Crippen LogP contribution in [0.25, 0.3) is 0 Å². The lowest BCUT2D eigenvalue weighted by atomic mass is 10.1. The highest BCUT2D eigenvalue weighted by atomic mass is 16.1. The van der Waals surface area contributed by atoms with Crippen LogP contribution in [0.5, 0.6) is 0 Å². The van der Waals surface area contributed by atoms with Crippen LogP contribution < -0.4 is 0 Å². The predicted octanol–water partition coefficient (Wildman–Crippen LogP) is 3.66. The number of hydrogen-bond acceptors (Lipinski definition) is 1. The second-order valence-corrected chi connectivity index (χ2v) is 3.12. The molecule has 0 atom stereocenters. The van der Waals surface area contributed by atoms with Crippen molar-refractivity contribution in [3.05, 3.63) is 24.3 Å². The summed E-state index contributed by atoms with van der Waals surface area (Å²) in [7, 11) is 0. The van der Waals surface area contributed by atoms with Gasteiger partial charge in [-0.05, 0) is 25.3 Å². The zero-order valence-electron chi connectivity index (χ0n) is 8.54. The molecule has 13 heavy (non-hydrogen) atoms. The van der Waals surface area contributed by atoms with E-state index < -0.39 is 0 Å². The predicted molar refractivity (Wildman–Crippen MR) is 57.7 cm³/mol. The molecule has 74 valence electrons. The summed E-state index contributed by atoms with van der Waals surface area (Å²) < 4.78 is 0. The van der Waals surface area contributed by atoms with E-state index in [9.17, 15) is 4.79 Å². The molecule has 0 saturated heterocycles. The first kappa shape index (κ1) is 12.2. The second kappa shape index (κ2) is 11.2. The molecule has 0 saturated carbocycles. The highest BCUT2D eigenvalue weighted by Crippen LogP contribution is 2.03. The molecule has 0 aliphatic rings. The smallest absolute Gasteiger partial charge is 0.142 e. The van der Waals surface area contributed by atoms with Crippen molar-refractivity contribution < 1.29 is 4.79 Å². The van der Waals surface area contributed by atoms with E-state index in [2.05, 4.69) is 19.1 Å². The largest absolute Gasteiger partial charge is 0.299 e. The van der Waals surface area contributed by atoms with Crippen molar-refractivity contribution in [3.63, 3.8) is 0 Å². The Morgan fingerprint density at radius 3 is 2.54 bits per heavy atom. The standard InChI is InChI=1S/C12H20O/c1-2-3-4-5-6-7-8-9-10-11-12-13/h7-8,10-12H,2-6,9H2,1H3. The molecular weight excluding hydrogens is 160 g/mol. The van der Waals surface area contributed by atoms with Gasteiger partial charge in [-0.15, -0.1) is 0 Å². The Bertz CT molecular complexity index is 157. The maximum absolute atomic E-state index is 9.90. The zero-order valence-corrected chi connectivity index (χ0v) is 8.54. The molecule has 0 N–H and O–H groups in total. The van der Waals surface area contributed by atoms with Gasteiger partial charge in [-0.3, -0.25) is 4.79 Å². The van der Waals surface area contributed by atoms with Gasteiger partial charge in [0.2, 0.25) is 0 Å². The van der Waals surface area contributed by atoms with Gasteiger partial charge in [0.05, 0.1) is 0 Å². The normalized spacial score (nSPS) is 11.5. The van der Waals surface area contributed by atoms with Gasteiger partial charge in [0.1, 0.15) is 6.29 Å². The van der Waals surface area contributed by atoms with Gasteiger partial charge >= 0.3 is 0 Å². The van der Waals surface area contributed by atoms with Gasteiger partial charge in [0.25, 0.3) is 0 Å². The molecule has 1 nitrogen and oxygen atoms in total. The lowest BCUT2D eigenvalue weighted by Crippen LogP contribution is -1.73. The molecule has 0 aromatic heterocycles. The van der Waals surface area contributed by atoms with E-state index in [0.717, 1.165) is 12.7 Å². The topological polar surface area (TPSA) is 17.1 Å². The Morgan fingerprint density at radius 1 is 1.00 bits per heavy atom. The van der Waals surface area contributed by atoms with Crippen molar-refractivity contribution >= 4 is 6.29 Å². The summed E-state index contributed by atoms with van der Waals surface area (Å²) in [6, 6.07) is 0. The summed E-state index contributed by atoms with van der Waals surface area (Å²) in [5.74, 6) is 0. The van der Waals surface area contributed by atoms with Crippen LogP contribution in [0.3, 0.4) is 0 Å². The van der Waals surface area contributed by atoms with E-state index in [0.29, 0.717) is 0 Å². The number of carbonyl (C=O) groups is 1. The van der Waals surface area contributed by atoms with E-state index in [1.165, 1.54) is 32.1 Å². The highest BCUT2D eigenvalue weighted by molar-refractivity contribution is 5.64. The Labute approximate surface area is 81.5 Å². The van der Waals surface area contributed by atoms with E-state index >= 15 is 0 Å². The van der Waals surface area contributed by atoms with E-state index in [4.69, 9.17) is 0 Å². The third-order valence-corrected chi connectivity index (χ3v) is 1.88. The molecule has 0 rings (SSSR count). The van der Waals surface area contributed by atoms with Crippen molar-refractivity contribution in [3.8, 4) is 0 Å². The third-order valence-electron chi connectivity index (χ3n) is 1.88. The summed E-state index contributed by atoms with van der Waals surface area (Å²) in [6.07, 6.45) is 15.9. The highest BCUT2D eigenvalue weighted by Gasteiger charge is 1.83. The first-order chi connectivity index (χ1) is 6.41. The first-order valence-corrected chi connectivity index (χ1v) is 5.17. The van der Waals surface area contributed by atoms with Crippen molar-refractivity contribution in [1.82, 2.24) is 0 Å². The second-order valence-electron chi connectivity index (χ2n) is 3.12. The summed E-state index contributed by atoms with van der Waals surface area (Å²) in [4.78, 5) is 9.90. The molecule has 0 spiro atoms. The van der Waals surface area contributed by atoms with Crippen LogP contribution in [-0.2, 0) is 4.79 Å². The van der Waals surface area contributed by atoms with Crippen molar-refractivity contribution in [1.29, 1.82) is 0 Å². The maximum atomic E-state index is 9.90. The lowest BCUT2D eigenvalue weighted by Gasteiger charge is -1.93. The third kappa shape index (κ3) is 11.1. The quantitative estimate of drug-likeness (QED) is 0.241. The summed E-state index contributed by atoms with van der Waals surface area (Å²) in [5, 5.41) is 0.